The van der Waals surface area contributed by atoms with E-state index < -0.39 is 0 Å². The molecule has 0 spiro atoms. The van der Waals surface area contributed by atoms with Gasteiger partial charge in [0.05, 0.1) is 17.5 Å². The molecule has 3 fully saturated rings. The van der Waals surface area contributed by atoms with Gasteiger partial charge in [-0.15, -0.1) is 0 Å². The Labute approximate surface area is 200 Å². The van der Waals surface area contributed by atoms with Crippen LogP contribution >= 0.6 is 0 Å². The summed E-state index contributed by atoms with van der Waals surface area (Å²) < 4.78 is 15.4. The molecule has 2 saturated heterocycles. The van der Waals surface area contributed by atoms with Crippen LogP contribution in [0.2, 0.25) is 0 Å². The molecular weight excluding hydrogens is 426 g/mol. The fraction of sp³-hybridized carbons (Fsp3) is 0.464. The van der Waals surface area contributed by atoms with Crippen LogP contribution in [0.25, 0.3) is 11.4 Å². The molecule has 6 heteroatoms. The molecular formula is C28H33N3O3. The minimum absolute atomic E-state index is 0.0948. The van der Waals surface area contributed by atoms with Gasteiger partial charge < -0.3 is 9.47 Å². The molecule has 1 aliphatic carbocycles. The van der Waals surface area contributed by atoms with Crippen LogP contribution in [0.5, 0.6) is 11.5 Å². The average molecular weight is 460 g/mol. The third-order valence-electron chi connectivity index (χ3n) is 7.83. The van der Waals surface area contributed by atoms with Crippen LogP contribution in [0.1, 0.15) is 51.4 Å². The lowest BCUT2D eigenvalue weighted by atomic mass is 10.0. The van der Waals surface area contributed by atoms with Crippen LogP contribution in [0.4, 0.5) is 0 Å². The van der Waals surface area contributed by atoms with Crippen LogP contribution in [-0.4, -0.2) is 45.4 Å². The summed E-state index contributed by atoms with van der Waals surface area (Å²) in [6.45, 7) is 1.72. The monoisotopic (exact) mass is 459 g/mol. The molecule has 0 N–H and O–H groups in total. The van der Waals surface area contributed by atoms with Gasteiger partial charge in [-0.05, 0) is 99.9 Å². The molecule has 0 amide bonds. The normalized spacial score (nSPS) is 22.5. The van der Waals surface area contributed by atoms with Gasteiger partial charge in [0, 0.05) is 31.0 Å². The minimum atomic E-state index is -0.0948. The summed E-state index contributed by atoms with van der Waals surface area (Å²) in [5.74, 6) is 1.72. The number of hydrogen-bond acceptors (Lipinski definition) is 4. The largest absolute Gasteiger partial charge is 0.492 e. The average Bonchev–Trinajstić information content (AvgIpc) is 3.67. The molecule has 3 aliphatic rings. The lowest BCUT2D eigenvalue weighted by Crippen LogP contribution is -2.32. The zero-order valence-corrected chi connectivity index (χ0v) is 19.6. The Morgan fingerprint density at radius 1 is 0.706 bits per heavy atom. The fourth-order valence-electron chi connectivity index (χ4n) is 6.01. The highest BCUT2D eigenvalue weighted by Crippen LogP contribution is 2.36. The molecule has 34 heavy (non-hydrogen) atoms. The third-order valence-corrected chi connectivity index (χ3v) is 7.83. The highest BCUT2D eigenvalue weighted by Gasteiger charge is 2.38. The number of benzene rings is 2. The van der Waals surface area contributed by atoms with E-state index in [0.717, 1.165) is 54.3 Å². The smallest absolute Gasteiger partial charge is 0.337 e. The molecule has 6 nitrogen and oxygen atoms in total. The van der Waals surface area contributed by atoms with Crippen molar-refractivity contribution in [3.8, 4) is 22.9 Å². The van der Waals surface area contributed by atoms with Gasteiger partial charge >= 0.3 is 5.69 Å². The van der Waals surface area contributed by atoms with Crippen LogP contribution in [0, 0.1) is 0 Å². The van der Waals surface area contributed by atoms with E-state index in [-0.39, 0.29) is 5.69 Å². The molecule has 2 aromatic carbocycles. The summed E-state index contributed by atoms with van der Waals surface area (Å²) in [4.78, 5) is 15.7. The van der Waals surface area contributed by atoms with Gasteiger partial charge in [-0.2, -0.15) is 0 Å². The number of fused-ring (bicyclic) bond motifs is 2. The Bertz CT molecular complexity index is 1140. The van der Waals surface area contributed by atoms with E-state index in [4.69, 9.17) is 9.47 Å². The molecule has 0 radical (unpaired) electrons. The Hall–Kier alpha value is -2.99. The van der Waals surface area contributed by atoms with Gasteiger partial charge in [0.1, 0.15) is 18.1 Å². The van der Waals surface area contributed by atoms with E-state index >= 15 is 0 Å². The molecule has 3 aromatic rings. The summed E-state index contributed by atoms with van der Waals surface area (Å²) in [6.07, 6.45) is 14.1. The quantitative estimate of drug-likeness (QED) is 0.478. The van der Waals surface area contributed by atoms with E-state index in [1.54, 1.807) is 9.13 Å². The highest BCUT2D eigenvalue weighted by atomic mass is 16.5. The van der Waals surface area contributed by atoms with Crippen LogP contribution < -0.4 is 15.2 Å². The molecule has 0 unspecified atom stereocenters. The molecule has 6 rings (SSSR count). The summed E-state index contributed by atoms with van der Waals surface area (Å²) >= 11 is 0. The predicted molar refractivity (Wildman–Crippen MR) is 132 cm³/mol. The molecule has 3 heterocycles. The first kappa shape index (κ1) is 21.5. The van der Waals surface area contributed by atoms with Crippen molar-refractivity contribution in [3.05, 3.63) is 71.4 Å². The van der Waals surface area contributed by atoms with E-state index in [9.17, 15) is 4.79 Å². The van der Waals surface area contributed by atoms with Gasteiger partial charge in [0.25, 0.3) is 0 Å². The second kappa shape index (κ2) is 9.34. The maximum absolute atomic E-state index is 13.1. The summed E-state index contributed by atoms with van der Waals surface area (Å²) in [5, 5.41) is 0. The molecule has 1 saturated carbocycles. The van der Waals surface area contributed by atoms with Crippen LogP contribution in [-0.2, 0) is 0 Å². The number of aromatic nitrogens is 2. The summed E-state index contributed by atoms with van der Waals surface area (Å²) in [5.41, 5.74) is 1.57. The summed E-state index contributed by atoms with van der Waals surface area (Å²) in [7, 11) is 0. The van der Waals surface area contributed by atoms with Crippen molar-refractivity contribution < 1.29 is 9.47 Å². The van der Waals surface area contributed by atoms with Gasteiger partial charge in [-0.1, -0.05) is 0 Å². The highest BCUT2D eigenvalue weighted by molar-refractivity contribution is 5.40. The van der Waals surface area contributed by atoms with E-state index in [2.05, 4.69) is 4.90 Å². The molecule has 1 aromatic heterocycles. The maximum Gasteiger partial charge on any atom is 0.337 e. The Morgan fingerprint density at radius 3 is 1.79 bits per heavy atom. The van der Waals surface area contributed by atoms with Crippen LogP contribution in [0.15, 0.2) is 65.7 Å². The fourth-order valence-corrected chi connectivity index (χ4v) is 6.01. The number of imidazole rings is 1. The third kappa shape index (κ3) is 4.27. The Balaban J connectivity index is 1.08. The lowest BCUT2D eigenvalue weighted by molar-refractivity contribution is 0.194. The molecule has 178 valence electrons. The van der Waals surface area contributed by atoms with Gasteiger partial charge in [0.15, 0.2) is 0 Å². The van der Waals surface area contributed by atoms with Gasteiger partial charge in [-0.3, -0.25) is 14.0 Å². The summed E-state index contributed by atoms with van der Waals surface area (Å²) in [6, 6.07) is 17.1. The van der Waals surface area contributed by atoms with Crippen molar-refractivity contribution in [1.82, 2.24) is 14.0 Å². The number of rotatable bonds is 8. The van der Waals surface area contributed by atoms with E-state index in [0.29, 0.717) is 12.7 Å². The predicted octanol–water partition coefficient (Wildman–Crippen LogP) is 4.96. The SMILES string of the molecule is O=c1n(-c2ccc(OCCN3C4CCC3CC4)cc2)ccn1-c1ccc(OC2CCCC2)cc1. The molecule has 2 bridgehead atoms. The Kier molecular flexibility index (Phi) is 5.91. The first-order valence-electron chi connectivity index (χ1n) is 12.8. The molecule has 2 aliphatic heterocycles. The zero-order chi connectivity index (χ0) is 22.9. The Morgan fingerprint density at radius 2 is 1.24 bits per heavy atom. The van der Waals surface area contributed by atoms with Crippen molar-refractivity contribution in [1.29, 1.82) is 0 Å². The zero-order valence-electron chi connectivity index (χ0n) is 19.6. The van der Waals surface area contributed by atoms with E-state index in [1.807, 2.05) is 60.9 Å². The van der Waals surface area contributed by atoms with Crippen molar-refractivity contribution >= 4 is 0 Å². The first-order chi connectivity index (χ1) is 16.7. The van der Waals surface area contributed by atoms with Crippen molar-refractivity contribution in [2.24, 2.45) is 0 Å². The second-order valence-electron chi connectivity index (χ2n) is 9.88. The van der Waals surface area contributed by atoms with Gasteiger partial charge in [-0.25, -0.2) is 4.79 Å². The van der Waals surface area contributed by atoms with Crippen molar-refractivity contribution in [2.75, 3.05) is 13.2 Å². The van der Waals surface area contributed by atoms with Crippen molar-refractivity contribution in [3.63, 3.8) is 0 Å². The number of ether oxygens (including phenoxy) is 2. The van der Waals surface area contributed by atoms with Crippen molar-refractivity contribution in [2.45, 2.75) is 69.6 Å². The first-order valence-corrected chi connectivity index (χ1v) is 12.8. The minimum Gasteiger partial charge on any atom is -0.492 e. The molecule has 0 atom stereocenters. The second-order valence-corrected chi connectivity index (χ2v) is 9.88. The lowest BCUT2D eigenvalue weighted by Gasteiger charge is -2.21. The van der Waals surface area contributed by atoms with Gasteiger partial charge in [0.2, 0.25) is 0 Å². The standard InChI is InChI=1S/C28H33N3O3/c32-28-30(17-18-31(28)24-11-15-27(16-12-24)34-26-3-1-2-4-26)23-9-13-25(14-10-23)33-20-19-29-21-5-6-22(29)8-7-21/h9-18,21-22,26H,1-8,19-20H2. The topological polar surface area (TPSA) is 48.6 Å². The van der Waals surface area contributed by atoms with E-state index in [1.165, 1.54) is 38.5 Å². The number of hydrogen-bond donors (Lipinski definition) is 0. The van der Waals surface area contributed by atoms with Crippen LogP contribution in [0.3, 0.4) is 0 Å². The maximum atomic E-state index is 13.1. The number of nitrogens with zero attached hydrogens (tertiary/aromatic N) is 3.